The third-order valence-corrected chi connectivity index (χ3v) is 7.82. The summed E-state index contributed by atoms with van der Waals surface area (Å²) in [4.78, 5) is 24.7. The maximum Gasteiger partial charge on any atom is 0.186 e. The van der Waals surface area contributed by atoms with Crippen molar-refractivity contribution in [3.63, 3.8) is 0 Å². The largest absolute Gasteiger partial charge is 0.504 e. The van der Waals surface area contributed by atoms with E-state index < -0.39 is 37.3 Å². The fraction of sp³-hybridized carbons (Fsp3) is 0.444. The first-order valence-corrected chi connectivity index (χ1v) is 16.7. The van der Waals surface area contributed by atoms with Crippen LogP contribution in [-0.4, -0.2) is 137 Å². The number of aromatic nitrogens is 3. The third kappa shape index (κ3) is 12.7. The molecule has 0 saturated carbocycles. The van der Waals surface area contributed by atoms with E-state index in [1.54, 1.807) is 53.4 Å². The molecule has 1 aliphatic heterocycles. The molecule has 53 heavy (non-hydrogen) atoms. The van der Waals surface area contributed by atoms with Gasteiger partial charge in [0.15, 0.2) is 40.9 Å². The van der Waals surface area contributed by atoms with Gasteiger partial charge in [-0.2, -0.15) is 0 Å². The average molecular weight is 744 g/mol. The molecule has 2 aromatic carbocycles. The van der Waals surface area contributed by atoms with Crippen LogP contribution >= 0.6 is 0 Å². The Morgan fingerprint density at radius 3 is 2.15 bits per heavy atom. The Labute approximate surface area is 305 Å². The number of benzene rings is 2. The first-order valence-electron chi connectivity index (χ1n) is 16.7. The number of aromatic hydroxyl groups is 1. The van der Waals surface area contributed by atoms with Gasteiger partial charge >= 0.3 is 0 Å². The second-order valence-electron chi connectivity index (χ2n) is 11.7. The summed E-state index contributed by atoms with van der Waals surface area (Å²) in [7, 11) is 2.92. The van der Waals surface area contributed by atoms with E-state index in [1.807, 2.05) is 0 Å². The summed E-state index contributed by atoms with van der Waals surface area (Å²) in [6, 6.07) is 9.79. The maximum atomic E-state index is 12.4. The number of methoxy groups -OCH3 is 2. The van der Waals surface area contributed by atoms with E-state index in [0.717, 1.165) is 0 Å². The molecule has 1 aromatic heterocycles. The van der Waals surface area contributed by atoms with E-state index >= 15 is 0 Å². The van der Waals surface area contributed by atoms with Gasteiger partial charge in [-0.25, -0.2) is 4.68 Å². The summed E-state index contributed by atoms with van der Waals surface area (Å²) in [6.07, 6.45) is 0.514. The monoisotopic (exact) mass is 743 g/mol. The van der Waals surface area contributed by atoms with Gasteiger partial charge < -0.3 is 58.7 Å². The highest BCUT2D eigenvalue weighted by molar-refractivity contribution is 6.10. The van der Waals surface area contributed by atoms with Crippen molar-refractivity contribution < 1.29 is 68.3 Å². The van der Waals surface area contributed by atoms with Crippen LogP contribution in [0, 0.1) is 0 Å². The van der Waals surface area contributed by atoms with Gasteiger partial charge in [-0.3, -0.25) is 9.59 Å². The van der Waals surface area contributed by atoms with E-state index in [2.05, 4.69) is 10.3 Å². The van der Waals surface area contributed by atoms with Crippen molar-refractivity contribution >= 4 is 23.7 Å². The molecule has 1 saturated heterocycles. The van der Waals surface area contributed by atoms with Crippen LogP contribution in [0.25, 0.3) is 12.2 Å². The molecule has 288 valence electrons. The summed E-state index contributed by atoms with van der Waals surface area (Å²) in [5.41, 5.74) is 1.88. The van der Waals surface area contributed by atoms with Gasteiger partial charge in [0, 0.05) is 0 Å². The summed E-state index contributed by atoms with van der Waals surface area (Å²) in [6.45, 7) is 1.16. The lowest BCUT2D eigenvalue weighted by Crippen LogP contribution is -2.59. The Hall–Kier alpha value is -4.72. The van der Waals surface area contributed by atoms with Crippen molar-refractivity contribution in [1.29, 1.82) is 0 Å². The molecule has 1 aliphatic rings. The lowest BCUT2D eigenvalue weighted by molar-refractivity contribution is -0.302. The van der Waals surface area contributed by atoms with E-state index in [4.69, 9.17) is 33.2 Å². The number of aliphatic hydroxyl groups excluding tert-OH is 4. The molecular formula is C36H45N3O14. The Balaban J connectivity index is 1.11. The SMILES string of the molecule is COc1cc(/C=C/C(=O)CC(=O)/C=C/c2ccc(OCc3cn(CCOCCOCCOC4OC(CO)C(O)C(O)C4O)nn3)c(OC)c2)ccc1O. The van der Waals surface area contributed by atoms with E-state index in [0.29, 0.717) is 48.1 Å². The number of ether oxygens (including phenoxy) is 7. The van der Waals surface area contributed by atoms with Crippen LogP contribution in [0.5, 0.6) is 23.0 Å². The number of allylic oxidation sites excluding steroid dienone is 2. The van der Waals surface area contributed by atoms with Crippen LogP contribution in [-0.2, 0) is 41.7 Å². The standard InChI is InChI=1S/C36H45N3O14/c1-47-30-17-23(5-9-28(30)43)3-7-26(41)19-27(42)8-4-24-6-10-29(31(18-24)48-2)52-22-25-20-39(38-37-25)11-12-49-13-14-50-15-16-51-36-35(46)34(45)33(44)32(21-40)53-36/h3-10,17-18,20,32-36,40,43-46H,11-16,19,21-22H2,1-2H3/b7-3+,8-4+. The number of phenolic OH excluding ortho intramolecular Hbond substituents is 1. The zero-order valence-corrected chi connectivity index (χ0v) is 29.4. The van der Waals surface area contributed by atoms with Gasteiger partial charge in [0.05, 0.1) is 73.0 Å². The molecule has 17 heteroatoms. The molecule has 0 radical (unpaired) electrons. The van der Waals surface area contributed by atoms with E-state index in [-0.39, 0.29) is 55.9 Å². The molecule has 17 nitrogen and oxygen atoms in total. The van der Waals surface area contributed by atoms with Crippen molar-refractivity contribution in [2.24, 2.45) is 0 Å². The van der Waals surface area contributed by atoms with Gasteiger partial charge in [-0.1, -0.05) is 29.5 Å². The number of carbonyl (C=O) groups is 2. The number of rotatable bonds is 22. The summed E-state index contributed by atoms with van der Waals surface area (Å²) < 4.78 is 39.6. The van der Waals surface area contributed by atoms with Crippen LogP contribution in [0.2, 0.25) is 0 Å². The molecule has 4 rings (SSSR count). The van der Waals surface area contributed by atoms with Crippen LogP contribution in [0.15, 0.2) is 54.7 Å². The van der Waals surface area contributed by atoms with Crippen molar-refractivity contribution in [2.45, 2.75) is 50.3 Å². The summed E-state index contributed by atoms with van der Waals surface area (Å²) in [5.74, 6) is 0.409. The zero-order chi connectivity index (χ0) is 38.2. The molecule has 0 amide bonds. The Kier molecular flexibility index (Phi) is 16.3. The molecule has 0 aliphatic carbocycles. The Bertz CT molecular complexity index is 1680. The number of hydrogen-bond acceptors (Lipinski definition) is 16. The van der Waals surface area contributed by atoms with Gasteiger partial charge in [0.2, 0.25) is 0 Å². The van der Waals surface area contributed by atoms with Crippen LogP contribution < -0.4 is 14.2 Å². The van der Waals surface area contributed by atoms with Crippen molar-refractivity contribution in [2.75, 3.05) is 53.9 Å². The first kappa shape index (κ1) is 41.0. The number of aliphatic hydroxyl groups is 4. The molecule has 1 fully saturated rings. The molecule has 5 N–H and O–H groups in total. The quantitative estimate of drug-likeness (QED) is 0.0541. The molecule has 5 atom stereocenters. The average Bonchev–Trinajstić information content (AvgIpc) is 3.62. The molecular weight excluding hydrogens is 698 g/mol. The Morgan fingerprint density at radius 2 is 1.47 bits per heavy atom. The highest BCUT2D eigenvalue weighted by atomic mass is 16.7. The summed E-state index contributed by atoms with van der Waals surface area (Å²) in [5, 5.41) is 56.7. The fourth-order valence-electron chi connectivity index (χ4n) is 4.95. The number of phenols is 1. The first-order chi connectivity index (χ1) is 25.6. The maximum absolute atomic E-state index is 12.4. The van der Waals surface area contributed by atoms with E-state index in [9.17, 15) is 35.1 Å². The number of nitrogens with zero attached hydrogens (tertiary/aromatic N) is 3. The van der Waals surface area contributed by atoms with Crippen molar-refractivity contribution in [1.82, 2.24) is 15.0 Å². The third-order valence-electron chi connectivity index (χ3n) is 7.82. The number of carbonyl (C=O) groups excluding carboxylic acids is 2. The Morgan fingerprint density at radius 1 is 0.830 bits per heavy atom. The van der Waals surface area contributed by atoms with Crippen molar-refractivity contribution in [3.05, 3.63) is 71.6 Å². The van der Waals surface area contributed by atoms with Crippen LogP contribution in [0.1, 0.15) is 23.2 Å². The minimum absolute atomic E-state index is 0.0142. The minimum Gasteiger partial charge on any atom is -0.504 e. The van der Waals surface area contributed by atoms with Gasteiger partial charge in [0.1, 0.15) is 36.7 Å². The second kappa shape index (κ2) is 21.1. The normalized spacial score (nSPS) is 20.2. The van der Waals surface area contributed by atoms with Crippen LogP contribution in [0.3, 0.4) is 0 Å². The summed E-state index contributed by atoms with van der Waals surface area (Å²) >= 11 is 0. The number of hydrogen-bond donors (Lipinski definition) is 5. The van der Waals surface area contributed by atoms with E-state index in [1.165, 1.54) is 32.4 Å². The van der Waals surface area contributed by atoms with Crippen LogP contribution in [0.4, 0.5) is 0 Å². The fourth-order valence-corrected chi connectivity index (χ4v) is 4.95. The molecule has 3 aromatic rings. The second-order valence-corrected chi connectivity index (χ2v) is 11.7. The van der Waals surface area contributed by atoms with Crippen molar-refractivity contribution in [3.8, 4) is 23.0 Å². The smallest absolute Gasteiger partial charge is 0.186 e. The molecule has 5 unspecified atom stereocenters. The van der Waals surface area contributed by atoms with Gasteiger partial charge in [0.25, 0.3) is 0 Å². The van der Waals surface area contributed by atoms with Gasteiger partial charge in [-0.05, 0) is 47.5 Å². The molecule has 0 spiro atoms. The lowest BCUT2D eigenvalue weighted by atomic mass is 9.99. The minimum atomic E-state index is -1.50. The molecule has 2 heterocycles. The predicted octanol–water partition coefficient (Wildman–Crippen LogP) is 0.685. The predicted molar refractivity (Wildman–Crippen MR) is 186 cm³/mol. The lowest BCUT2D eigenvalue weighted by Gasteiger charge is -2.39. The topological polar surface area (TPSA) is 231 Å². The molecule has 0 bridgehead atoms. The van der Waals surface area contributed by atoms with Gasteiger partial charge in [-0.15, -0.1) is 5.10 Å². The number of ketones is 2. The zero-order valence-electron chi connectivity index (χ0n) is 29.4. The highest BCUT2D eigenvalue weighted by Crippen LogP contribution is 2.30. The highest BCUT2D eigenvalue weighted by Gasteiger charge is 2.43.